The van der Waals surface area contributed by atoms with Crippen LogP contribution in [0.2, 0.25) is 0 Å². The molecule has 0 atom stereocenters. The Kier molecular flexibility index (Phi) is 7.39. The van der Waals surface area contributed by atoms with Crippen LogP contribution in [-0.2, 0) is 0 Å². The fraction of sp³-hybridized carbons (Fsp3) is 0. The van der Waals surface area contributed by atoms with E-state index in [-0.39, 0.29) is 0 Å². The van der Waals surface area contributed by atoms with Crippen LogP contribution in [0, 0.1) is 0 Å². The third-order valence-electron chi connectivity index (χ3n) is 10.9. The van der Waals surface area contributed by atoms with Gasteiger partial charge in [-0.05, 0) is 105 Å². The van der Waals surface area contributed by atoms with Crippen molar-refractivity contribution in [2.75, 3.05) is 4.90 Å². The Morgan fingerprint density at radius 3 is 1.84 bits per heavy atom. The van der Waals surface area contributed by atoms with Gasteiger partial charge in [0.25, 0.3) is 0 Å². The van der Waals surface area contributed by atoms with Crippen LogP contribution < -0.4 is 4.90 Å². The first-order valence-corrected chi connectivity index (χ1v) is 19.5. The lowest BCUT2D eigenvalue weighted by Gasteiger charge is -2.26. The molecule has 0 fully saturated rings. The summed E-state index contributed by atoms with van der Waals surface area (Å²) in [5.74, 6) is 0. The van der Waals surface area contributed by atoms with E-state index < -0.39 is 0 Å². The van der Waals surface area contributed by atoms with Crippen molar-refractivity contribution in [1.82, 2.24) is 0 Å². The van der Waals surface area contributed by atoms with Crippen LogP contribution in [-0.4, -0.2) is 0 Å². The molecule has 2 aromatic heterocycles. The fourth-order valence-corrected chi connectivity index (χ4v) is 9.28. The molecule has 0 radical (unpaired) electrons. The average molecular weight is 720 g/mol. The molecule has 0 aliphatic rings. The number of fused-ring (bicyclic) bond motifs is 8. The average Bonchev–Trinajstić information content (AvgIpc) is 3.83. The molecule has 0 bridgehead atoms. The first kappa shape index (κ1) is 31.6. The quantitative estimate of drug-likeness (QED) is 0.170. The highest BCUT2D eigenvalue weighted by Gasteiger charge is 2.18. The summed E-state index contributed by atoms with van der Waals surface area (Å²) < 4.78 is 9.16. The zero-order valence-electron chi connectivity index (χ0n) is 29.8. The largest absolute Gasteiger partial charge is 0.455 e. The van der Waals surface area contributed by atoms with E-state index in [1.807, 2.05) is 11.3 Å². The van der Waals surface area contributed by atoms with Crippen molar-refractivity contribution in [3.63, 3.8) is 0 Å². The van der Waals surface area contributed by atoms with E-state index in [0.29, 0.717) is 0 Å². The Hall–Kier alpha value is -6.94. The van der Waals surface area contributed by atoms with E-state index in [4.69, 9.17) is 4.42 Å². The first-order valence-electron chi connectivity index (χ1n) is 18.7. The van der Waals surface area contributed by atoms with E-state index in [1.165, 1.54) is 47.8 Å². The third-order valence-corrected chi connectivity index (χ3v) is 12.0. The molecule has 2 heterocycles. The summed E-state index contributed by atoms with van der Waals surface area (Å²) in [5, 5.41) is 7.22. The summed E-state index contributed by atoms with van der Waals surface area (Å²) >= 11 is 1.86. The lowest BCUT2D eigenvalue weighted by Crippen LogP contribution is -2.10. The molecule has 2 nitrogen and oxygen atoms in total. The highest BCUT2D eigenvalue weighted by Crippen LogP contribution is 2.43. The van der Waals surface area contributed by atoms with Crippen LogP contribution >= 0.6 is 11.3 Å². The molecule has 0 N–H and O–H groups in total. The van der Waals surface area contributed by atoms with Crippen LogP contribution in [0.1, 0.15) is 0 Å². The Balaban J connectivity index is 1.02. The highest BCUT2D eigenvalue weighted by molar-refractivity contribution is 7.25. The van der Waals surface area contributed by atoms with E-state index >= 15 is 0 Å². The molecule has 55 heavy (non-hydrogen) atoms. The van der Waals surface area contributed by atoms with Crippen molar-refractivity contribution in [3.8, 4) is 33.4 Å². The molecular formula is C52H33NOS. The summed E-state index contributed by atoms with van der Waals surface area (Å²) in [6, 6.07) is 72.2. The van der Waals surface area contributed by atoms with Gasteiger partial charge < -0.3 is 9.32 Å². The van der Waals surface area contributed by atoms with Gasteiger partial charge in [0.15, 0.2) is 0 Å². The topological polar surface area (TPSA) is 16.4 Å². The van der Waals surface area contributed by atoms with Crippen LogP contribution in [0.5, 0.6) is 0 Å². The number of hydrogen-bond donors (Lipinski definition) is 0. The normalized spacial score (nSPS) is 11.6. The highest BCUT2D eigenvalue weighted by atomic mass is 32.1. The minimum Gasteiger partial charge on any atom is -0.455 e. The monoisotopic (exact) mass is 719 g/mol. The number of hydrogen-bond acceptors (Lipinski definition) is 3. The lowest BCUT2D eigenvalue weighted by molar-refractivity contribution is 0.673. The lowest BCUT2D eigenvalue weighted by atomic mass is 9.97. The van der Waals surface area contributed by atoms with Crippen LogP contribution in [0.4, 0.5) is 17.1 Å². The van der Waals surface area contributed by atoms with Crippen molar-refractivity contribution in [1.29, 1.82) is 0 Å². The Morgan fingerprint density at radius 2 is 1.00 bits per heavy atom. The summed E-state index contributed by atoms with van der Waals surface area (Å²) in [5.41, 5.74) is 12.2. The molecule has 0 spiro atoms. The van der Waals surface area contributed by atoms with Crippen LogP contribution in [0.15, 0.2) is 205 Å². The molecule has 11 rings (SSSR count). The zero-order chi connectivity index (χ0) is 36.3. The van der Waals surface area contributed by atoms with E-state index in [0.717, 1.165) is 55.5 Å². The van der Waals surface area contributed by atoms with Crippen molar-refractivity contribution >= 4 is 81.3 Å². The molecule has 0 saturated carbocycles. The standard InChI is InChI=1S/C52H33NOS/c1-2-10-34(11-3-1)35-20-26-40(27-21-35)53(42-14-8-13-38(32-42)39-25-31-50-47(33-39)45-16-6-7-19-49(45)55-50)41-28-22-37(23-29-41)43-17-9-18-48-51(43)46-30-24-36-12-4-5-15-44(36)52(46)54-48/h1-33H. The van der Waals surface area contributed by atoms with Gasteiger partial charge in [-0.15, -0.1) is 11.3 Å². The predicted molar refractivity (Wildman–Crippen MR) is 235 cm³/mol. The number of furan rings is 1. The summed E-state index contributed by atoms with van der Waals surface area (Å²) in [6.07, 6.45) is 0. The maximum Gasteiger partial charge on any atom is 0.143 e. The van der Waals surface area contributed by atoms with E-state index in [9.17, 15) is 0 Å². The van der Waals surface area contributed by atoms with Crippen molar-refractivity contribution in [2.45, 2.75) is 0 Å². The minimum atomic E-state index is 0.901. The zero-order valence-corrected chi connectivity index (χ0v) is 30.6. The number of nitrogens with zero attached hydrogens (tertiary/aromatic N) is 1. The molecule has 9 aromatic carbocycles. The fourth-order valence-electron chi connectivity index (χ4n) is 8.20. The number of anilines is 3. The second-order valence-corrected chi connectivity index (χ2v) is 15.2. The van der Waals surface area contributed by atoms with Crippen LogP contribution in [0.3, 0.4) is 0 Å². The Labute approximate surface area is 322 Å². The summed E-state index contributed by atoms with van der Waals surface area (Å²) in [7, 11) is 0. The minimum absolute atomic E-state index is 0.901. The first-order chi connectivity index (χ1) is 27.2. The predicted octanol–water partition coefficient (Wildman–Crippen LogP) is 15.6. The van der Waals surface area contributed by atoms with Gasteiger partial charge in [-0.3, -0.25) is 0 Å². The van der Waals surface area contributed by atoms with Gasteiger partial charge in [-0.2, -0.15) is 0 Å². The van der Waals surface area contributed by atoms with Gasteiger partial charge in [-0.25, -0.2) is 0 Å². The third kappa shape index (κ3) is 5.40. The maximum absolute atomic E-state index is 6.53. The molecule has 3 heteroatoms. The van der Waals surface area contributed by atoms with Crippen molar-refractivity contribution in [3.05, 3.63) is 200 Å². The van der Waals surface area contributed by atoms with Gasteiger partial charge in [0.2, 0.25) is 0 Å². The summed E-state index contributed by atoms with van der Waals surface area (Å²) in [4.78, 5) is 2.36. The molecule has 0 unspecified atom stereocenters. The van der Waals surface area contributed by atoms with Crippen molar-refractivity contribution in [2.24, 2.45) is 0 Å². The summed E-state index contributed by atoms with van der Waals surface area (Å²) in [6.45, 7) is 0. The Morgan fingerprint density at radius 1 is 0.364 bits per heavy atom. The smallest absolute Gasteiger partial charge is 0.143 e. The van der Waals surface area contributed by atoms with Gasteiger partial charge in [0.1, 0.15) is 11.2 Å². The second-order valence-electron chi connectivity index (χ2n) is 14.1. The van der Waals surface area contributed by atoms with Gasteiger partial charge in [-0.1, -0.05) is 133 Å². The molecule has 0 aliphatic heterocycles. The van der Waals surface area contributed by atoms with Crippen molar-refractivity contribution < 1.29 is 4.42 Å². The van der Waals surface area contributed by atoms with Crippen LogP contribution in [0.25, 0.3) is 86.3 Å². The SMILES string of the molecule is c1ccc(-c2ccc(N(c3ccc(-c4cccc5oc6c7ccccc7ccc6c45)cc3)c3cccc(-c4ccc5sc6ccccc6c5c4)c3)cc2)cc1. The van der Waals surface area contributed by atoms with E-state index in [2.05, 4.69) is 205 Å². The Bertz CT molecular complexity index is 3190. The molecule has 0 saturated heterocycles. The number of rotatable bonds is 6. The molecule has 11 aromatic rings. The van der Waals surface area contributed by atoms with Gasteiger partial charge in [0.05, 0.1) is 0 Å². The van der Waals surface area contributed by atoms with E-state index in [1.54, 1.807) is 0 Å². The molecule has 0 aliphatic carbocycles. The second kappa shape index (κ2) is 12.9. The number of benzene rings is 9. The number of thiophene rings is 1. The molecule has 0 amide bonds. The maximum atomic E-state index is 6.53. The van der Waals surface area contributed by atoms with Gasteiger partial charge >= 0.3 is 0 Å². The molecule has 258 valence electrons. The van der Waals surface area contributed by atoms with Gasteiger partial charge in [0, 0.05) is 53.4 Å². The molecular weight excluding hydrogens is 687 g/mol.